The lowest BCUT2D eigenvalue weighted by Crippen LogP contribution is -1.96. The largest absolute Gasteiger partial charge is 0.0740 e. The van der Waals surface area contributed by atoms with Crippen LogP contribution in [0.5, 0.6) is 0 Å². The van der Waals surface area contributed by atoms with Gasteiger partial charge in [-0.1, -0.05) is 35.5 Å². The lowest BCUT2D eigenvalue weighted by Gasteiger charge is -2.13. The zero-order valence-corrected chi connectivity index (χ0v) is 7.14. The van der Waals surface area contributed by atoms with Crippen LogP contribution >= 0.6 is 0 Å². The molecule has 2 rings (SSSR count). The predicted octanol–water partition coefficient (Wildman–Crippen LogP) is 3.28. The molecule has 1 aromatic rings. The molecule has 0 heterocycles. The van der Waals surface area contributed by atoms with E-state index in [2.05, 4.69) is 16.1 Å². The average Bonchev–Trinajstić information content (AvgIpc) is 2.19. The van der Waals surface area contributed by atoms with Gasteiger partial charge < -0.3 is 0 Å². The molecule has 0 bridgehead atoms. The summed E-state index contributed by atoms with van der Waals surface area (Å²) in [5.74, 6) is 0. The van der Waals surface area contributed by atoms with E-state index in [9.17, 15) is 0 Å². The van der Waals surface area contributed by atoms with Crippen LogP contribution in [0.15, 0.2) is 35.5 Å². The summed E-state index contributed by atoms with van der Waals surface area (Å²) >= 11 is 0. The second kappa shape index (κ2) is 3.33. The highest BCUT2D eigenvalue weighted by Gasteiger charge is 2.09. The topological polar surface area (TPSA) is 48.8 Å². The standard InChI is InChI=1S/C10H9N3/c11-13-12-10-7-3-5-8-4-1-2-6-9(8)10/h1-2,4,6-7H,3,5H2. The Labute approximate surface area is 76.3 Å². The van der Waals surface area contributed by atoms with Crippen LogP contribution in [0.3, 0.4) is 0 Å². The van der Waals surface area contributed by atoms with E-state index in [4.69, 9.17) is 5.53 Å². The summed E-state index contributed by atoms with van der Waals surface area (Å²) in [7, 11) is 0. The number of fused-ring (bicyclic) bond motifs is 1. The molecule has 1 aliphatic rings. The van der Waals surface area contributed by atoms with Crippen molar-refractivity contribution >= 4 is 5.70 Å². The fourth-order valence-corrected chi connectivity index (χ4v) is 1.61. The molecule has 0 amide bonds. The molecule has 0 spiro atoms. The molecule has 1 aromatic carbocycles. The number of aryl methyl sites for hydroxylation is 1. The fourth-order valence-electron chi connectivity index (χ4n) is 1.61. The summed E-state index contributed by atoms with van der Waals surface area (Å²) in [6.45, 7) is 0. The maximum Gasteiger partial charge on any atom is 0.0410 e. The molecule has 13 heavy (non-hydrogen) atoms. The second-order valence-electron chi connectivity index (χ2n) is 2.97. The van der Waals surface area contributed by atoms with Crippen molar-refractivity contribution in [3.05, 3.63) is 51.9 Å². The van der Waals surface area contributed by atoms with Crippen LogP contribution in [0.2, 0.25) is 0 Å². The van der Waals surface area contributed by atoms with Crippen LogP contribution in [0, 0.1) is 0 Å². The van der Waals surface area contributed by atoms with Crippen molar-refractivity contribution in [2.45, 2.75) is 12.8 Å². The Bertz CT molecular complexity index is 400. The number of azide groups is 1. The van der Waals surface area contributed by atoms with E-state index in [1.807, 2.05) is 24.3 Å². The maximum atomic E-state index is 8.36. The molecule has 0 fully saturated rings. The summed E-state index contributed by atoms with van der Waals surface area (Å²) in [5, 5.41) is 3.67. The number of hydrogen-bond acceptors (Lipinski definition) is 1. The van der Waals surface area contributed by atoms with Gasteiger partial charge in [-0.05, 0) is 29.5 Å². The Morgan fingerprint density at radius 2 is 2.15 bits per heavy atom. The third-order valence-corrected chi connectivity index (χ3v) is 2.20. The van der Waals surface area contributed by atoms with Gasteiger partial charge in [0, 0.05) is 10.6 Å². The lowest BCUT2D eigenvalue weighted by molar-refractivity contribution is 0.972. The van der Waals surface area contributed by atoms with Crippen LogP contribution in [0.4, 0.5) is 0 Å². The third kappa shape index (κ3) is 1.42. The van der Waals surface area contributed by atoms with Crippen molar-refractivity contribution in [3.8, 4) is 0 Å². The van der Waals surface area contributed by atoms with Gasteiger partial charge in [0.05, 0.1) is 0 Å². The van der Waals surface area contributed by atoms with Gasteiger partial charge >= 0.3 is 0 Å². The number of rotatable bonds is 1. The monoisotopic (exact) mass is 171 g/mol. The normalized spacial score (nSPS) is 14.0. The lowest BCUT2D eigenvalue weighted by atomic mass is 9.95. The highest BCUT2D eigenvalue weighted by molar-refractivity contribution is 5.68. The molecule has 3 heteroatoms. The van der Waals surface area contributed by atoms with E-state index in [-0.39, 0.29) is 0 Å². The Morgan fingerprint density at radius 3 is 3.00 bits per heavy atom. The Morgan fingerprint density at radius 1 is 1.31 bits per heavy atom. The molecule has 0 aromatic heterocycles. The van der Waals surface area contributed by atoms with Crippen LogP contribution in [0.25, 0.3) is 16.1 Å². The highest BCUT2D eigenvalue weighted by atomic mass is 15.1. The van der Waals surface area contributed by atoms with E-state index in [0.29, 0.717) is 0 Å². The minimum absolute atomic E-state index is 0.768. The first-order chi connectivity index (χ1) is 6.42. The molecule has 64 valence electrons. The quantitative estimate of drug-likeness (QED) is 0.353. The number of hydrogen-bond donors (Lipinski definition) is 0. The second-order valence-corrected chi connectivity index (χ2v) is 2.97. The van der Waals surface area contributed by atoms with Gasteiger partial charge in [0.15, 0.2) is 0 Å². The first kappa shape index (κ1) is 7.90. The van der Waals surface area contributed by atoms with Crippen molar-refractivity contribution < 1.29 is 0 Å². The maximum absolute atomic E-state index is 8.36. The van der Waals surface area contributed by atoms with E-state index >= 15 is 0 Å². The van der Waals surface area contributed by atoms with Gasteiger partial charge in [-0.2, -0.15) is 0 Å². The minimum atomic E-state index is 0.768. The van der Waals surface area contributed by atoms with E-state index in [0.717, 1.165) is 24.1 Å². The third-order valence-electron chi connectivity index (χ3n) is 2.20. The van der Waals surface area contributed by atoms with Crippen molar-refractivity contribution in [2.75, 3.05) is 0 Å². The Kier molecular flexibility index (Phi) is 2.02. The predicted molar refractivity (Wildman–Crippen MR) is 51.9 cm³/mol. The van der Waals surface area contributed by atoms with Crippen LogP contribution in [-0.4, -0.2) is 0 Å². The summed E-state index contributed by atoms with van der Waals surface area (Å²) in [6.07, 6.45) is 3.99. The Hall–Kier alpha value is -1.73. The smallest absolute Gasteiger partial charge is 0.0410 e. The molecule has 0 N–H and O–H groups in total. The molecular formula is C10H9N3. The minimum Gasteiger partial charge on any atom is -0.0740 e. The number of allylic oxidation sites excluding steroid dienone is 1. The van der Waals surface area contributed by atoms with Gasteiger partial charge in [-0.3, -0.25) is 0 Å². The first-order valence-corrected chi connectivity index (χ1v) is 4.25. The SMILES string of the molecule is [N-]=[N+]=NC1=CCCc2ccccc21. The van der Waals surface area contributed by atoms with Gasteiger partial charge in [-0.25, -0.2) is 0 Å². The molecule has 3 nitrogen and oxygen atoms in total. The summed E-state index contributed by atoms with van der Waals surface area (Å²) in [4.78, 5) is 2.81. The molecule has 0 radical (unpaired) electrons. The molecule has 0 atom stereocenters. The van der Waals surface area contributed by atoms with E-state index < -0.39 is 0 Å². The zero-order chi connectivity index (χ0) is 9.10. The first-order valence-electron chi connectivity index (χ1n) is 4.25. The van der Waals surface area contributed by atoms with Crippen molar-refractivity contribution in [1.82, 2.24) is 0 Å². The summed E-state index contributed by atoms with van der Waals surface area (Å²) < 4.78 is 0. The summed E-state index contributed by atoms with van der Waals surface area (Å²) in [6, 6.07) is 8.05. The van der Waals surface area contributed by atoms with Gasteiger partial charge in [0.25, 0.3) is 0 Å². The molecule has 0 aliphatic heterocycles. The van der Waals surface area contributed by atoms with Gasteiger partial charge in [-0.15, -0.1) is 0 Å². The van der Waals surface area contributed by atoms with Crippen LogP contribution in [-0.2, 0) is 6.42 Å². The van der Waals surface area contributed by atoms with Gasteiger partial charge in [0.2, 0.25) is 0 Å². The van der Waals surface area contributed by atoms with E-state index in [1.54, 1.807) is 0 Å². The van der Waals surface area contributed by atoms with Crippen LogP contribution < -0.4 is 0 Å². The molecule has 1 aliphatic carbocycles. The zero-order valence-electron chi connectivity index (χ0n) is 7.14. The molecular weight excluding hydrogens is 162 g/mol. The fraction of sp³-hybridized carbons (Fsp3) is 0.200. The highest BCUT2D eigenvalue weighted by Crippen LogP contribution is 2.26. The number of nitrogens with zero attached hydrogens (tertiary/aromatic N) is 3. The van der Waals surface area contributed by atoms with Crippen molar-refractivity contribution in [1.29, 1.82) is 0 Å². The van der Waals surface area contributed by atoms with E-state index in [1.165, 1.54) is 5.56 Å². The Balaban J connectivity index is 2.53. The average molecular weight is 171 g/mol. The van der Waals surface area contributed by atoms with Crippen molar-refractivity contribution in [3.63, 3.8) is 0 Å². The molecule has 0 saturated heterocycles. The van der Waals surface area contributed by atoms with Gasteiger partial charge in [0.1, 0.15) is 0 Å². The molecule has 0 saturated carbocycles. The van der Waals surface area contributed by atoms with Crippen molar-refractivity contribution in [2.24, 2.45) is 5.11 Å². The van der Waals surface area contributed by atoms with Crippen LogP contribution in [0.1, 0.15) is 17.5 Å². The summed E-state index contributed by atoms with van der Waals surface area (Å²) in [5.41, 5.74) is 11.5. The number of benzene rings is 1. The molecule has 0 unspecified atom stereocenters.